The molecule has 6 heteroatoms. The first kappa shape index (κ1) is 21.4. The van der Waals surface area contributed by atoms with Crippen LogP contribution < -0.4 is 5.32 Å². The van der Waals surface area contributed by atoms with E-state index in [-0.39, 0.29) is 11.8 Å². The normalized spacial score (nSPS) is 12.9. The summed E-state index contributed by atoms with van der Waals surface area (Å²) in [6.07, 6.45) is 0. The fraction of sp³-hybridized carbons (Fsp3) is 0.333. The van der Waals surface area contributed by atoms with Gasteiger partial charge in [-0.15, -0.1) is 23.5 Å². The molecule has 27 heavy (non-hydrogen) atoms. The Labute approximate surface area is 170 Å². The number of fused-ring (bicyclic) bond motifs is 1. The fourth-order valence-corrected chi connectivity index (χ4v) is 4.32. The Morgan fingerprint density at radius 1 is 1.07 bits per heavy atom. The Balaban J connectivity index is 0.000000194. The van der Waals surface area contributed by atoms with Gasteiger partial charge < -0.3 is 10.2 Å². The molecule has 1 aliphatic heterocycles. The quantitative estimate of drug-likeness (QED) is 0.619. The number of hydrogen-bond acceptors (Lipinski definition) is 4. The highest BCUT2D eigenvalue weighted by Crippen LogP contribution is 2.26. The molecular formula is C21H26N2O2S2. The average Bonchev–Trinajstić information content (AvgIpc) is 2.89. The molecule has 0 unspecified atom stereocenters. The molecule has 1 N–H and O–H groups in total. The highest BCUT2D eigenvalue weighted by atomic mass is 32.2. The van der Waals surface area contributed by atoms with Crippen LogP contribution in [0.15, 0.2) is 64.4 Å². The summed E-state index contributed by atoms with van der Waals surface area (Å²) in [5.74, 6) is 2.12. The SMILES string of the molecule is CC(=O)N1CCSc2ccccc2C1.CC(=O)NCCSc1ccccc1. The first-order valence-corrected chi connectivity index (χ1v) is 10.9. The lowest BCUT2D eigenvalue weighted by Crippen LogP contribution is -2.29. The van der Waals surface area contributed by atoms with Crippen molar-refractivity contribution in [2.45, 2.75) is 30.2 Å². The summed E-state index contributed by atoms with van der Waals surface area (Å²) in [6, 6.07) is 18.5. The molecule has 2 aromatic rings. The standard InChI is InChI=1S/C11H13NOS.C10H13NOS/c1-9(13)12-6-7-14-11-5-3-2-4-10(11)8-12;1-9(12)11-7-8-13-10-5-3-2-4-6-10/h2-5H,6-8H2,1H3;2-6H,7-8H2,1H3,(H,11,12). The Morgan fingerprint density at radius 2 is 1.78 bits per heavy atom. The molecule has 0 spiro atoms. The molecule has 0 bridgehead atoms. The predicted molar refractivity (Wildman–Crippen MR) is 114 cm³/mol. The van der Waals surface area contributed by atoms with E-state index < -0.39 is 0 Å². The van der Waals surface area contributed by atoms with Gasteiger partial charge in [-0.3, -0.25) is 9.59 Å². The minimum absolute atomic E-state index is 0.0358. The number of benzene rings is 2. The van der Waals surface area contributed by atoms with Crippen LogP contribution in [0.4, 0.5) is 0 Å². The zero-order valence-corrected chi connectivity index (χ0v) is 17.4. The first-order chi connectivity index (χ1) is 13.1. The Kier molecular flexibility index (Phi) is 9.28. The number of nitrogens with zero attached hydrogens (tertiary/aromatic N) is 1. The van der Waals surface area contributed by atoms with Crippen LogP contribution in [0, 0.1) is 0 Å². The summed E-state index contributed by atoms with van der Waals surface area (Å²) in [5, 5.41) is 2.76. The summed E-state index contributed by atoms with van der Waals surface area (Å²) in [4.78, 5) is 26.3. The van der Waals surface area contributed by atoms with E-state index in [2.05, 4.69) is 35.6 Å². The molecule has 1 aliphatic rings. The van der Waals surface area contributed by atoms with Crippen LogP contribution in [-0.2, 0) is 16.1 Å². The van der Waals surface area contributed by atoms with Gasteiger partial charge in [0, 0.05) is 54.8 Å². The van der Waals surface area contributed by atoms with Crippen molar-refractivity contribution < 1.29 is 9.59 Å². The van der Waals surface area contributed by atoms with Gasteiger partial charge in [0.2, 0.25) is 11.8 Å². The zero-order valence-electron chi connectivity index (χ0n) is 15.8. The van der Waals surface area contributed by atoms with Gasteiger partial charge in [-0.1, -0.05) is 36.4 Å². The van der Waals surface area contributed by atoms with E-state index in [1.165, 1.54) is 22.3 Å². The first-order valence-electron chi connectivity index (χ1n) is 8.95. The lowest BCUT2D eigenvalue weighted by Gasteiger charge is -2.17. The fourth-order valence-electron chi connectivity index (χ4n) is 2.51. The van der Waals surface area contributed by atoms with Crippen molar-refractivity contribution in [3.05, 3.63) is 60.2 Å². The van der Waals surface area contributed by atoms with Crippen molar-refractivity contribution in [3.8, 4) is 0 Å². The maximum atomic E-state index is 11.3. The Morgan fingerprint density at radius 3 is 2.48 bits per heavy atom. The van der Waals surface area contributed by atoms with Gasteiger partial charge in [0.1, 0.15) is 0 Å². The predicted octanol–water partition coefficient (Wildman–Crippen LogP) is 4.06. The molecule has 0 radical (unpaired) electrons. The smallest absolute Gasteiger partial charge is 0.219 e. The molecule has 2 amide bonds. The van der Waals surface area contributed by atoms with Crippen LogP contribution in [0.5, 0.6) is 0 Å². The molecule has 144 valence electrons. The van der Waals surface area contributed by atoms with E-state index in [0.29, 0.717) is 0 Å². The molecule has 1 heterocycles. The van der Waals surface area contributed by atoms with Crippen LogP contribution in [0.25, 0.3) is 0 Å². The van der Waals surface area contributed by atoms with E-state index >= 15 is 0 Å². The minimum Gasteiger partial charge on any atom is -0.356 e. The van der Waals surface area contributed by atoms with Crippen LogP contribution in [-0.4, -0.2) is 41.3 Å². The molecule has 0 fully saturated rings. The minimum atomic E-state index is 0.0358. The second kappa shape index (κ2) is 11.7. The largest absolute Gasteiger partial charge is 0.356 e. The van der Waals surface area contributed by atoms with E-state index in [0.717, 1.165) is 31.1 Å². The molecule has 0 saturated carbocycles. The molecule has 0 aliphatic carbocycles. The summed E-state index contributed by atoms with van der Waals surface area (Å²) in [5.41, 5.74) is 1.27. The number of hydrogen-bond donors (Lipinski definition) is 1. The van der Waals surface area contributed by atoms with E-state index in [4.69, 9.17) is 0 Å². The lowest BCUT2D eigenvalue weighted by molar-refractivity contribution is -0.129. The van der Waals surface area contributed by atoms with Gasteiger partial charge in [-0.05, 0) is 23.8 Å². The van der Waals surface area contributed by atoms with Crippen LogP contribution in [0.3, 0.4) is 0 Å². The van der Waals surface area contributed by atoms with Crippen LogP contribution in [0.2, 0.25) is 0 Å². The number of rotatable bonds is 4. The van der Waals surface area contributed by atoms with Crippen molar-refractivity contribution in [2.24, 2.45) is 0 Å². The average molecular weight is 403 g/mol. The molecule has 3 rings (SSSR count). The van der Waals surface area contributed by atoms with E-state index in [1.807, 2.05) is 40.9 Å². The molecule has 0 atom stereocenters. The van der Waals surface area contributed by atoms with Gasteiger partial charge >= 0.3 is 0 Å². The number of carbonyl (C=O) groups excluding carboxylic acids is 2. The maximum Gasteiger partial charge on any atom is 0.219 e. The summed E-state index contributed by atoms with van der Waals surface area (Å²) in [7, 11) is 0. The summed E-state index contributed by atoms with van der Waals surface area (Å²) >= 11 is 3.58. The monoisotopic (exact) mass is 402 g/mol. The lowest BCUT2D eigenvalue weighted by atomic mass is 10.2. The van der Waals surface area contributed by atoms with Crippen molar-refractivity contribution in [1.29, 1.82) is 0 Å². The third-order valence-corrected chi connectivity index (χ3v) is 6.00. The Hall–Kier alpha value is -1.92. The second-order valence-corrected chi connectivity index (χ2v) is 8.35. The van der Waals surface area contributed by atoms with Gasteiger partial charge in [0.25, 0.3) is 0 Å². The summed E-state index contributed by atoms with van der Waals surface area (Å²) < 4.78 is 0. The van der Waals surface area contributed by atoms with Gasteiger partial charge in [0.15, 0.2) is 0 Å². The third-order valence-electron chi connectivity index (χ3n) is 3.89. The van der Waals surface area contributed by atoms with Gasteiger partial charge in [-0.25, -0.2) is 0 Å². The highest BCUT2D eigenvalue weighted by molar-refractivity contribution is 7.99. The molecule has 2 aromatic carbocycles. The molecule has 4 nitrogen and oxygen atoms in total. The third kappa shape index (κ3) is 8.10. The van der Waals surface area contributed by atoms with Crippen molar-refractivity contribution >= 4 is 35.3 Å². The number of carbonyl (C=O) groups is 2. The second-order valence-electron chi connectivity index (χ2n) is 6.04. The molecule has 0 saturated heterocycles. The van der Waals surface area contributed by atoms with Crippen molar-refractivity contribution in [1.82, 2.24) is 10.2 Å². The van der Waals surface area contributed by atoms with Crippen molar-refractivity contribution in [3.63, 3.8) is 0 Å². The number of nitrogens with one attached hydrogen (secondary N) is 1. The topological polar surface area (TPSA) is 49.4 Å². The van der Waals surface area contributed by atoms with E-state index in [1.54, 1.807) is 18.7 Å². The van der Waals surface area contributed by atoms with Crippen LogP contribution >= 0.6 is 23.5 Å². The van der Waals surface area contributed by atoms with E-state index in [9.17, 15) is 9.59 Å². The van der Waals surface area contributed by atoms with Crippen molar-refractivity contribution in [2.75, 3.05) is 24.6 Å². The molecule has 0 aromatic heterocycles. The highest BCUT2D eigenvalue weighted by Gasteiger charge is 2.15. The zero-order chi connectivity index (χ0) is 19.5. The number of thioether (sulfide) groups is 2. The van der Waals surface area contributed by atoms with Gasteiger partial charge in [-0.2, -0.15) is 0 Å². The molecular weight excluding hydrogens is 376 g/mol. The number of amides is 2. The Bertz CT molecular complexity index is 738. The van der Waals surface area contributed by atoms with Gasteiger partial charge in [0.05, 0.1) is 0 Å². The summed E-state index contributed by atoms with van der Waals surface area (Å²) in [6.45, 7) is 5.52. The maximum absolute atomic E-state index is 11.3. The van der Waals surface area contributed by atoms with Crippen LogP contribution in [0.1, 0.15) is 19.4 Å².